The number of hydrazine groups is 1. The monoisotopic (exact) mass is 637 g/mol. The average molecular weight is 638 g/mol. The Kier molecular flexibility index (Phi) is 7.93. The minimum atomic E-state index is 1.06. The van der Waals surface area contributed by atoms with Crippen molar-refractivity contribution in [3.8, 4) is 0 Å². The van der Waals surface area contributed by atoms with Crippen LogP contribution in [0.25, 0.3) is 32.3 Å². The molecule has 0 aliphatic rings. The lowest BCUT2D eigenvalue weighted by molar-refractivity contribution is 0.985. The summed E-state index contributed by atoms with van der Waals surface area (Å²) in [4.78, 5) is 0. The van der Waals surface area contributed by atoms with Gasteiger partial charge in [0.2, 0.25) is 0 Å². The zero-order chi connectivity index (χ0) is 32.5. The van der Waals surface area contributed by atoms with E-state index in [1.165, 1.54) is 37.9 Å². The van der Waals surface area contributed by atoms with Crippen molar-refractivity contribution >= 4 is 78.4 Å². The van der Waals surface area contributed by atoms with E-state index in [9.17, 15) is 0 Å². The fraction of sp³-hybridized carbons (Fsp3) is 0.0455. The number of hydrogen-bond donors (Lipinski definition) is 0. The van der Waals surface area contributed by atoms with Gasteiger partial charge in [-0.1, -0.05) is 121 Å². The highest BCUT2D eigenvalue weighted by atomic mass is 32.2. The van der Waals surface area contributed by atoms with Gasteiger partial charge in [0.15, 0.2) is 0 Å². The summed E-state index contributed by atoms with van der Waals surface area (Å²) in [6, 6.07) is 63.4. The smallest absolute Gasteiger partial charge is 0.0882 e. The number of fused-ring (bicyclic) bond motifs is 3. The molecule has 0 heterocycles. The van der Waals surface area contributed by atoms with E-state index in [4.69, 9.17) is 0 Å². The van der Waals surface area contributed by atoms with Gasteiger partial charge in [0, 0.05) is 6.26 Å². The Labute approximate surface area is 286 Å². The molecule has 0 atom stereocenters. The van der Waals surface area contributed by atoms with E-state index in [2.05, 4.69) is 203 Å². The molecule has 3 nitrogen and oxygen atoms in total. The normalized spacial score (nSPS) is 11.2. The molecular weight excluding hydrogens is 603 g/mol. The van der Waals surface area contributed by atoms with Gasteiger partial charge in [-0.15, -0.1) is 0 Å². The first-order valence-electron chi connectivity index (χ1n) is 16.2. The van der Waals surface area contributed by atoms with Crippen molar-refractivity contribution in [2.75, 3.05) is 20.6 Å². The van der Waals surface area contributed by atoms with Crippen LogP contribution in [-0.4, -0.2) is 6.26 Å². The lowest BCUT2D eigenvalue weighted by Gasteiger charge is -2.41. The summed E-state index contributed by atoms with van der Waals surface area (Å²) in [6.07, 6.45) is 2.15. The second kappa shape index (κ2) is 12.8. The molecule has 0 radical (unpaired) electrons. The van der Waals surface area contributed by atoms with Crippen molar-refractivity contribution in [2.24, 2.45) is 0 Å². The van der Waals surface area contributed by atoms with Crippen molar-refractivity contribution in [3.05, 3.63) is 181 Å². The van der Waals surface area contributed by atoms with Crippen LogP contribution in [0.3, 0.4) is 0 Å². The average Bonchev–Trinajstić information content (AvgIpc) is 3.14. The lowest BCUT2D eigenvalue weighted by Crippen LogP contribution is -2.37. The van der Waals surface area contributed by atoms with E-state index in [1.54, 1.807) is 11.9 Å². The molecule has 0 amide bonds. The van der Waals surface area contributed by atoms with E-state index >= 15 is 0 Å². The molecule has 0 aliphatic carbocycles. The predicted octanol–water partition coefficient (Wildman–Crippen LogP) is 12.8. The Morgan fingerprint density at radius 1 is 0.354 bits per heavy atom. The number of nitrogens with zero attached hydrogens (tertiary/aromatic N) is 3. The molecule has 48 heavy (non-hydrogen) atoms. The molecule has 8 aromatic rings. The number of hydrogen-bond acceptors (Lipinski definition) is 4. The van der Waals surface area contributed by atoms with E-state index in [0.717, 1.165) is 34.1 Å². The van der Waals surface area contributed by atoms with Crippen LogP contribution in [-0.2, 0) is 0 Å². The summed E-state index contributed by atoms with van der Waals surface area (Å²) in [5.41, 5.74) is 7.71. The maximum Gasteiger partial charge on any atom is 0.0882 e. The predicted molar refractivity (Wildman–Crippen MR) is 209 cm³/mol. The van der Waals surface area contributed by atoms with Crippen LogP contribution in [0.2, 0.25) is 0 Å². The highest BCUT2D eigenvalue weighted by Gasteiger charge is 2.27. The second-order valence-corrected chi connectivity index (χ2v) is 12.7. The maximum absolute atomic E-state index is 2.39. The number of rotatable bonds is 8. The van der Waals surface area contributed by atoms with Crippen LogP contribution < -0.4 is 14.3 Å². The van der Waals surface area contributed by atoms with Gasteiger partial charge < -0.3 is 0 Å². The third kappa shape index (κ3) is 5.51. The van der Waals surface area contributed by atoms with Crippen molar-refractivity contribution in [1.82, 2.24) is 0 Å². The van der Waals surface area contributed by atoms with Gasteiger partial charge in [-0.25, -0.2) is 10.0 Å². The molecule has 0 aromatic heterocycles. The first-order valence-corrected chi connectivity index (χ1v) is 17.4. The molecule has 0 aliphatic heterocycles. The standard InChI is InChI=1S/C44H35N3S/c1-32-13-3-10-20-42(32)45(39-26-23-33-14-4-7-17-36(33)29-39)46(40-27-24-34-15-5-8-18-37(34)30-40)43-21-11-12-22-44(43)47(48-2)41-28-25-35-16-6-9-19-38(35)31-41/h3-31H,1-2H3. The molecule has 0 saturated heterocycles. The highest BCUT2D eigenvalue weighted by Crippen LogP contribution is 2.46. The van der Waals surface area contributed by atoms with Gasteiger partial charge in [-0.3, -0.25) is 4.31 Å². The molecule has 0 saturated carbocycles. The quantitative estimate of drug-likeness (QED) is 0.121. The SMILES string of the molecule is CSN(c1ccc2ccccc2c1)c1ccccc1N(c1ccc2ccccc2c1)N(c1ccc2ccccc2c1)c1ccccc1C. The Hall–Kier alpha value is -5.71. The van der Waals surface area contributed by atoms with Gasteiger partial charge in [0.1, 0.15) is 0 Å². The van der Waals surface area contributed by atoms with Crippen LogP contribution >= 0.6 is 11.9 Å². The van der Waals surface area contributed by atoms with Gasteiger partial charge in [0.25, 0.3) is 0 Å². The zero-order valence-electron chi connectivity index (χ0n) is 27.0. The van der Waals surface area contributed by atoms with E-state index in [0.29, 0.717) is 0 Å². The van der Waals surface area contributed by atoms with Crippen LogP contribution in [0.5, 0.6) is 0 Å². The Morgan fingerprint density at radius 3 is 1.23 bits per heavy atom. The number of aryl methyl sites for hydroxylation is 1. The van der Waals surface area contributed by atoms with Crippen molar-refractivity contribution in [1.29, 1.82) is 0 Å². The minimum Gasteiger partial charge on any atom is -0.283 e. The van der Waals surface area contributed by atoms with Gasteiger partial charge >= 0.3 is 0 Å². The fourth-order valence-electron chi connectivity index (χ4n) is 6.60. The fourth-order valence-corrected chi connectivity index (χ4v) is 7.28. The summed E-state index contributed by atoms with van der Waals surface area (Å²) >= 11 is 1.71. The molecule has 0 unspecified atom stereocenters. The first-order chi connectivity index (χ1) is 23.7. The van der Waals surface area contributed by atoms with E-state index in [1.807, 2.05) is 0 Å². The van der Waals surface area contributed by atoms with E-state index < -0.39 is 0 Å². The lowest BCUT2D eigenvalue weighted by atomic mass is 10.1. The molecular formula is C44H35N3S. The molecule has 8 aromatic carbocycles. The molecule has 0 bridgehead atoms. The Bertz CT molecular complexity index is 2400. The Morgan fingerprint density at radius 2 is 0.729 bits per heavy atom. The van der Waals surface area contributed by atoms with Gasteiger partial charge in [-0.05, 0) is 111 Å². The van der Waals surface area contributed by atoms with E-state index in [-0.39, 0.29) is 0 Å². The van der Waals surface area contributed by atoms with Crippen LogP contribution in [0, 0.1) is 6.92 Å². The topological polar surface area (TPSA) is 9.72 Å². The second-order valence-electron chi connectivity index (χ2n) is 12.0. The number of anilines is 6. The summed E-state index contributed by atoms with van der Waals surface area (Å²) < 4.78 is 2.34. The summed E-state index contributed by atoms with van der Waals surface area (Å²) in [5.74, 6) is 0. The molecule has 0 fully saturated rings. The van der Waals surface area contributed by atoms with Crippen molar-refractivity contribution in [2.45, 2.75) is 6.92 Å². The molecule has 8 rings (SSSR count). The number of benzene rings is 8. The van der Waals surface area contributed by atoms with Gasteiger partial charge in [0.05, 0.1) is 34.1 Å². The Balaban J connectivity index is 1.40. The van der Waals surface area contributed by atoms with Crippen LogP contribution in [0.4, 0.5) is 34.1 Å². The first kappa shape index (κ1) is 29.7. The van der Waals surface area contributed by atoms with Crippen molar-refractivity contribution < 1.29 is 0 Å². The summed E-state index contributed by atoms with van der Waals surface area (Å²) in [6.45, 7) is 2.19. The molecule has 0 N–H and O–H groups in total. The van der Waals surface area contributed by atoms with Crippen LogP contribution in [0.15, 0.2) is 176 Å². The molecule has 0 spiro atoms. The third-order valence-electron chi connectivity index (χ3n) is 8.98. The highest BCUT2D eigenvalue weighted by molar-refractivity contribution is 8.00. The van der Waals surface area contributed by atoms with Crippen molar-refractivity contribution in [3.63, 3.8) is 0 Å². The summed E-state index contributed by atoms with van der Waals surface area (Å²) in [7, 11) is 0. The number of para-hydroxylation sites is 3. The molecule has 4 heteroatoms. The third-order valence-corrected chi connectivity index (χ3v) is 9.75. The maximum atomic E-state index is 2.39. The zero-order valence-corrected chi connectivity index (χ0v) is 27.8. The minimum absolute atomic E-state index is 1.06. The summed E-state index contributed by atoms with van der Waals surface area (Å²) in [5, 5.41) is 12.0. The van der Waals surface area contributed by atoms with Gasteiger partial charge in [-0.2, -0.15) is 0 Å². The van der Waals surface area contributed by atoms with Crippen LogP contribution in [0.1, 0.15) is 5.56 Å². The largest absolute Gasteiger partial charge is 0.283 e. The molecule has 232 valence electrons.